The van der Waals surface area contributed by atoms with E-state index in [0.717, 1.165) is 11.1 Å². The Morgan fingerprint density at radius 1 is 1.00 bits per heavy atom. The smallest absolute Gasteiger partial charge is 0.373 e. The van der Waals surface area contributed by atoms with Gasteiger partial charge in [0.2, 0.25) is 0 Å². The summed E-state index contributed by atoms with van der Waals surface area (Å²) in [7, 11) is -3.53. The van der Waals surface area contributed by atoms with Crippen molar-refractivity contribution in [2.75, 3.05) is 6.66 Å². The molecule has 0 amide bonds. The van der Waals surface area contributed by atoms with Crippen molar-refractivity contribution in [1.29, 1.82) is 0 Å². The Morgan fingerprint density at radius 3 is 2.24 bits per heavy atom. The number of hydrogen-bond donors (Lipinski definition) is 1. The fraction of sp³-hybridized carbons (Fsp3) is 0.0769. The van der Waals surface area contributed by atoms with Crippen LogP contribution >= 0.6 is 7.60 Å². The van der Waals surface area contributed by atoms with Crippen molar-refractivity contribution in [2.45, 2.75) is 0 Å². The molecule has 2 aromatic carbocycles. The lowest BCUT2D eigenvalue weighted by Crippen LogP contribution is -1.91. The van der Waals surface area contributed by atoms with Crippen LogP contribution in [0.5, 0.6) is 5.75 Å². The van der Waals surface area contributed by atoms with Gasteiger partial charge in [-0.2, -0.15) is 0 Å². The lowest BCUT2D eigenvalue weighted by molar-refractivity contribution is 0.388. The van der Waals surface area contributed by atoms with Gasteiger partial charge in [-0.25, -0.2) is 4.57 Å². The molecule has 0 bridgehead atoms. The zero-order valence-corrected chi connectivity index (χ0v) is 10.3. The largest absolute Gasteiger partial charge is 0.424 e. The zero-order chi connectivity index (χ0) is 12.3. The number of rotatable bonds is 3. The molecule has 1 atom stereocenters. The predicted octanol–water partition coefficient (Wildman–Crippen LogP) is 3.55. The third kappa shape index (κ3) is 3.19. The first-order valence-electron chi connectivity index (χ1n) is 5.20. The van der Waals surface area contributed by atoms with Gasteiger partial charge in [0.1, 0.15) is 5.75 Å². The molecule has 0 aliphatic rings. The minimum Gasteiger partial charge on any atom is -0.424 e. The lowest BCUT2D eigenvalue weighted by Gasteiger charge is -2.13. The molecule has 0 aliphatic heterocycles. The molecule has 0 saturated carbocycles. The lowest BCUT2D eigenvalue weighted by atomic mass is 10.1. The summed E-state index contributed by atoms with van der Waals surface area (Å²) in [6, 6.07) is 16.8. The summed E-state index contributed by atoms with van der Waals surface area (Å²) < 4.78 is 16.4. The van der Waals surface area contributed by atoms with Crippen molar-refractivity contribution in [3.05, 3.63) is 54.6 Å². The van der Waals surface area contributed by atoms with Crippen molar-refractivity contribution in [3.63, 3.8) is 0 Å². The van der Waals surface area contributed by atoms with Crippen LogP contribution in [0.15, 0.2) is 54.6 Å². The molecular formula is C13H13O3P. The molecule has 0 heterocycles. The molecule has 1 N–H and O–H groups in total. The van der Waals surface area contributed by atoms with E-state index >= 15 is 0 Å². The summed E-state index contributed by atoms with van der Waals surface area (Å²) in [4.78, 5) is 9.28. The van der Waals surface area contributed by atoms with E-state index in [0.29, 0.717) is 5.75 Å². The SMILES string of the molecule is CP(=O)(O)Oc1ccccc1-c1ccccc1. The third-order valence-corrected chi connectivity index (χ3v) is 2.78. The van der Waals surface area contributed by atoms with Gasteiger partial charge < -0.3 is 9.42 Å². The molecule has 4 heteroatoms. The molecule has 0 fully saturated rings. The van der Waals surface area contributed by atoms with Crippen LogP contribution in [0.1, 0.15) is 0 Å². The van der Waals surface area contributed by atoms with Crippen LogP contribution in [-0.2, 0) is 4.57 Å². The number of para-hydroxylation sites is 1. The van der Waals surface area contributed by atoms with Crippen LogP contribution in [0.25, 0.3) is 11.1 Å². The summed E-state index contributed by atoms with van der Waals surface area (Å²) in [5.74, 6) is 0.423. The predicted molar refractivity (Wildman–Crippen MR) is 68.3 cm³/mol. The van der Waals surface area contributed by atoms with Crippen molar-refractivity contribution in [1.82, 2.24) is 0 Å². The number of benzene rings is 2. The van der Waals surface area contributed by atoms with Crippen molar-refractivity contribution in [2.24, 2.45) is 0 Å². The van der Waals surface area contributed by atoms with Gasteiger partial charge in [0.05, 0.1) is 0 Å². The van der Waals surface area contributed by atoms with Crippen LogP contribution in [0.3, 0.4) is 0 Å². The minimum atomic E-state index is -3.53. The Bertz CT molecular complexity index is 546. The molecule has 17 heavy (non-hydrogen) atoms. The zero-order valence-electron chi connectivity index (χ0n) is 9.41. The van der Waals surface area contributed by atoms with Gasteiger partial charge in [-0.05, 0) is 11.6 Å². The monoisotopic (exact) mass is 248 g/mol. The molecule has 0 radical (unpaired) electrons. The normalized spacial score (nSPS) is 14.0. The average molecular weight is 248 g/mol. The van der Waals surface area contributed by atoms with Gasteiger partial charge in [0.15, 0.2) is 0 Å². The fourth-order valence-electron chi connectivity index (χ4n) is 1.58. The Hall–Kier alpha value is -1.57. The van der Waals surface area contributed by atoms with E-state index in [9.17, 15) is 9.46 Å². The Morgan fingerprint density at radius 2 is 1.59 bits per heavy atom. The van der Waals surface area contributed by atoms with Crippen LogP contribution in [0.2, 0.25) is 0 Å². The molecule has 0 aliphatic carbocycles. The molecular weight excluding hydrogens is 235 g/mol. The van der Waals surface area contributed by atoms with Crippen LogP contribution in [0.4, 0.5) is 0 Å². The van der Waals surface area contributed by atoms with Crippen LogP contribution in [0, 0.1) is 0 Å². The van der Waals surface area contributed by atoms with Crippen molar-refractivity contribution < 1.29 is 14.0 Å². The van der Waals surface area contributed by atoms with E-state index in [-0.39, 0.29) is 0 Å². The van der Waals surface area contributed by atoms with Gasteiger partial charge in [-0.3, -0.25) is 0 Å². The first-order valence-corrected chi connectivity index (χ1v) is 7.23. The van der Waals surface area contributed by atoms with Gasteiger partial charge in [-0.15, -0.1) is 0 Å². The summed E-state index contributed by atoms with van der Waals surface area (Å²) in [5.41, 5.74) is 1.76. The first kappa shape index (κ1) is 11.9. The van der Waals surface area contributed by atoms with Gasteiger partial charge >= 0.3 is 7.60 Å². The molecule has 0 aromatic heterocycles. The molecule has 2 aromatic rings. The second kappa shape index (κ2) is 4.74. The Kier molecular flexibility index (Phi) is 3.32. The summed E-state index contributed by atoms with van der Waals surface area (Å²) in [6.45, 7) is 1.18. The minimum absolute atomic E-state index is 0.423. The molecule has 0 spiro atoms. The number of hydrogen-bond acceptors (Lipinski definition) is 2. The maximum atomic E-state index is 11.3. The maximum Gasteiger partial charge on any atom is 0.373 e. The van der Waals surface area contributed by atoms with E-state index in [4.69, 9.17) is 4.52 Å². The van der Waals surface area contributed by atoms with Crippen LogP contribution < -0.4 is 4.52 Å². The Balaban J connectivity index is 2.45. The highest BCUT2D eigenvalue weighted by Gasteiger charge is 2.15. The summed E-state index contributed by atoms with van der Waals surface area (Å²) in [6.07, 6.45) is 0. The fourth-order valence-corrected chi connectivity index (χ4v) is 2.11. The third-order valence-electron chi connectivity index (χ3n) is 2.24. The molecule has 3 nitrogen and oxygen atoms in total. The maximum absolute atomic E-state index is 11.3. The highest BCUT2D eigenvalue weighted by atomic mass is 31.2. The van der Waals surface area contributed by atoms with Crippen LogP contribution in [-0.4, -0.2) is 11.6 Å². The summed E-state index contributed by atoms with van der Waals surface area (Å²) in [5, 5.41) is 0. The van der Waals surface area contributed by atoms with E-state index in [1.165, 1.54) is 6.66 Å². The van der Waals surface area contributed by atoms with Gasteiger partial charge in [-0.1, -0.05) is 48.5 Å². The molecule has 2 rings (SSSR count). The Labute approximate surface area is 100 Å². The van der Waals surface area contributed by atoms with Crippen molar-refractivity contribution >= 4 is 7.60 Å². The highest BCUT2D eigenvalue weighted by Crippen LogP contribution is 2.42. The highest BCUT2D eigenvalue weighted by molar-refractivity contribution is 7.52. The molecule has 1 unspecified atom stereocenters. The van der Waals surface area contributed by atoms with E-state index in [2.05, 4.69) is 0 Å². The first-order chi connectivity index (χ1) is 8.06. The van der Waals surface area contributed by atoms with Gasteiger partial charge in [0, 0.05) is 12.2 Å². The molecule has 88 valence electrons. The van der Waals surface area contributed by atoms with E-state index < -0.39 is 7.60 Å². The standard InChI is InChI=1S/C13H13O3P/c1-17(14,15)16-13-10-6-5-9-12(13)11-7-3-2-4-8-11/h2-10H,1H3,(H,14,15). The second-order valence-corrected chi connectivity index (χ2v) is 5.54. The topological polar surface area (TPSA) is 46.5 Å². The second-order valence-electron chi connectivity index (χ2n) is 3.76. The quantitative estimate of drug-likeness (QED) is 0.845. The van der Waals surface area contributed by atoms with Crippen molar-refractivity contribution in [3.8, 4) is 16.9 Å². The molecule has 0 saturated heterocycles. The summed E-state index contributed by atoms with van der Waals surface area (Å²) >= 11 is 0. The van der Waals surface area contributed by atoms with E-state index in [1.807, 2.05) is 42.5 Å². The average Bonchev–Trinajstić information content (AvgIpc) is 2.29. The van der Waals surface area contributed by atoms with Gasteiger partial charge in [0.25, 0.3) is 0 Å². The van der Waals surface area contributed by atoms with E-state index in [1.54, 1.807) is 12.1 Å².